The maximum atomic E-state index is 8.68. The Hall–Kier alpha value is -1.51. The number of hydrogen-bond donors (Lipinski definition) is 2. The number of oxime groups is 1. The lowest BCUT2D eigenvalue weighted by Crippen LogP contribution is -2.58. The van der Waals surface area contributed by atoms with Gasteiger partial charge in [0.2, 0.25) is 11.4 Å². The first-order chi connectivity index (χ1) is 9.09. The highest BCUT2D eigenvalue weighted by molar-refractivity contribution is 6.33. The Balaban J connectivity index is 0.000000347. The van der Waals surface area contributed by atoms with Crippen molar-refractivity contribution in [3.8, 4) is 0 Å². The second-order valence-corrected chi connectivity index (χ2v) is 5.52. The van der Waals surface area contributed by atoms with Gasteiger partial charge in [-0.1, -0.05) is 23.4 Å². The number of halogens is 1. The summed E-state index contributed by atoms with van der Waals surface area (Å²) in [5, 5.41) is 11.8. The Morgan fingerprint density at radius 2 is 1.75 bits per heavy atom. The monoisotopic (exact) mass is 303 g/mol. The average molecular weight is 304 g/mol. The first-order valence-electron chi connectivity index (χ1n) is 5.60. The minimum absolute atomic E-state index is 0.0996. The fraction of sp³-hybridized carbons (Fsp3) is 0.333. The predicted octanol–water partition coefficient (Wildman–Crippen LogP) is -1.97. The first-order valence-corrected chi connectivity index (χ1v) is 6.86. The van der Waals surface area contributed by atoms with Gasteiger partial charge in [0.1, 0.15) is 13.3 Å². The van der Waals surface area contributed by atoms with Gasteiger partial charge in [-0.2, -0.15) is 18.6 Å². The average Bonchev–Trinajstić information content (AvgIpc) is 2.50. The standard InChI is InChI=1S/C12H14N2O.ClHO4/c1-12(2)9-6-4-5-7-10(9)14(3)11(12)8-13-15;2-1(3,4)5/h4-8H,1-3H3;(H,2,3,4,5)/p+1. The van der Waals surface area contributed by atoms with Crippen LogP contribution in [-0.2, 0) is 5.41 Å². The third kappa shape index (κ3) is 3.75. The Morgan fingerprint density at radius 3 is 2.20 bits per heavy atom. The number of rotatable bonds is 1. The lowest BCUT2D eigenvalue weighted by Gasteiger charge is -2.14. The molecule has 20 heavy (non-hydrogen) atoms. The van der Waals surface area contributed by atoms with Crippen molar-refractivity contribution in [3.05, 3.63) is 29.8 Å². The topological polar surface area (TPSA) is 125 Å². The van der Waals surface area contributed by atoms with Crippen LogP contribution >= 0.6 is 0 Å². The second kappa shape index (κ2) is 5.86. The number of para-hydroxylation sites is 1. The molecule has 0 aromatic heterocycles. The van der Waals surface area contributed by atoms with Crippen LogP contribution in [0.2, 0.25) is 0 Å². The van der Waals surface area contributed by atoms with E-state index in [9.17, 15) is 0 Å². The van der Waals surface area contributed by atoms with Crippen molar-refractivity contribution >= 4 is 17.6 Å². The van der Waals surface area contributed by atoms with E-state index >= 15 is 0 Å². The predicted molar refractivity (Wildman–Crippen MR) is 62.8 cm³/mol. The molecule has 110 valence electrons. The molecular weight excluding hydrogens is 288 g/mol. The number of fused-ring (bicyclic) bond motifs is 1. The van der Waals surface area contributed by atoms with Gasteiger partial charge in [0.25, 0.3) is 0 Å². The smallest absolute Gasteiger partial charge is 0.213 e. The molecule has 0 spiro atoms. The van der Waals surface area contributed by atoms with Crippen LogP contribution in [0.25, 0.3) is 0 Å². The summed E-state index contributed by atoms with van der Waals surface area (Å²) in [6, 6.07) is 8.25. The van der Waals surface area contributed by atoms with Gasteiger partial charge in [0.05, 0.1) is 20.3 Å². The summed E-state index contributed by atoms with van der Waals surface area (Å²) in [6.07, 6.45) is 1.51. The number of benzene rings is 1. The molecule has 0 bridgehead atoms. The molecule has 0 aliphatic carbocycles. The molecule has 0 unspecified atom stereocenters. The van der Waals surface area contributed by atoms with Crippen molar-refractivity contribution in [2.24, 2.45) is 5.16 Å². The molecule has 2 rings (SSSR count). The van der Waals surface area contributed by atoms with Gasteiger partial charge in [-0.05, 0) is 13.8 Å². The zero-order valence-corrected chi connectivity index (χ0v) is 12.0. The first kappa shape index (κ1) is 16.5. The number of nitrogens with zero attached hydrogens (tertiary/aromatic N) is 2. The summed E-state index contributed by atoms with van der Waals surface area (Å²) in [5.74, 6) is 0. The Labute approximate surface area is 118 Å². The molecular formula is C12H16ClN2O5+. The summed E-state index contributed by atoms with van der Waals surface area (Å²) >= 11 is 0. The summed E-state index contributed by atoms with van der Waals surface area (Å²) in [6.45, 7) is 4.26. The van der Waals surface area contributed by atoms with Crippen LogP contribution < -0.4 is 14.0 Å². The van der Waals surface area contributed by atoms with Gasteiger partial charge >= 0.3 is 0 Å². The van der Waals surface area contributed by atoms with E-state index in [1.54, 1.807) is 0 Å². The molecule has 1 aromatic rings. The van der Waals surface area contributed by atoms with Crippen LogP contribution in [0.1, 0.15) is 19.4 Å². The van der Waals surface area contributed by atoms with Crippen LogP contribution in [0.5, 0.6) is 0 Å². The Morgan fingerprint density at radius 1 is 1.25 bits per heavy atom. The van der Waals surface area contributed by atoms with E-state index in [0.29, 0.717) is 0 Å². The van der Waals surface area contributed by atoms with Gasteiger partial charge in [-0.25, -0.2) is 0 Å². The highest BCUT2D eigenvalue weighted by Gasteiger charge is 2.43. The molecule has 1 aromatic carbocycles. The third-order valence-electron chi connectivity index (χ3n) is 3.12. The van der Waals surface area contributed by atoms with E-state index in [2.05, 4.69) is 35.7 Å². The second-order valence-electron chi connectivity index (χ2n) is 4.73. The molecule has 0 amide bonds. The van der Waals surface area contributed by atoms with E-state index in [0.717, 1.165) is 5.71 Å². The largest absolute Gasteiger partial charge is 0.411 e. The molecule has 8 heteroatoms. The summed E-state index contributed by atoms with van der Waals surface area (Å²) < 4.78 is 34.8. The zero-order valence-electron chi connectivity index (χ0n) is 11.3. The normalized spacial score (nSPS) is 16.9. The van der Waals surface area contributed by atoms with E-state index in [-0.39, 0.29) is 5.41 Å². The van der Waals surface area contributed by atoms with Crippen molar-refractivity contribution in [2.75, 3.05) is 7.05 Å². The lowest BCUT2D eigenvalue weighted by atomic mass is 9.82. The quantitative estimate of drug-likeness (QED) is 0.269. The molecule has 1 heterocycles. The van der Waals surface area contributed by atoms with E-state index in [4.69, 9.17) is 23.8 Å². The van der Waals surface area contributed by atoms with Crippen LogP contribution in [0.15, 0.2) is 29.4 Å². The summed E-state index contributed by atoms with van der Waals surface area (Å²) in [7, 11) is -2.70. The minimum Gasteiger partial charge on any atom is -0.411 e. The summed E-state index contributed by atoms with van der Waals surface area (Å²) in [5.41, 5.74) is 3.35. The highest BCUT2D eigenvalue weighted by atomic mass is 35.7. The SMILES string of the molecule is C[N+]1=C(/C=N\O)C(C)(C)c2ccccc21.[O-][Cl+3]([O-])([O-])O. The molecule has 0 fully saturated rings. The molecule has 0 atom stereocenters. The molecule has 2 N–H and O–H groups in total. The van der Waals surface area contributed by atoms with Crippen molar-refractivity contribution in [1.29, 1.82) is 0 Å². The van der Waals surface area contributed by atoms with Gasteiger partial charge in [-0.15, -0.1) is 0 Å². The maximum absolute atomic E-state index is 8.68. The molecule has 1 aliphatic heterocycles. The van der Waals surface area contributed by atoms with E-state index < -0.39 is 10.2 Å². The minimum atomic E-state index is -4.69. The van der Waals surface area contributed by atoms with E-state index in [1.165, 1.54) is 17.5 Å². The maximum Gasteiger partial charge on any atom is 0.213 e. The van der Waals surface area contributed by atoms with Gasteiger partial charge in [0, 0.05) is 11.6 Å². The fourth-order valence-electron chi connectivity index (χ4n) is 2.28. The van der Waals surface area contributed by atoms with Gasteiger partial charge in [0.15, 0.2) is 0 Å². The fourth-order valence-corrected chi connectivity index (χ4v) is 2.28. The van der Waals surface area contributed by atoms with Crippen LogP contribution in [-0.4, -0.2) is 33.4 Å². The van der Waals surface area contributed by atoms with Crippen molar-refractivity contribution in [3.63, 3.8) is 0 Å². The zero-order chi connectivity index (χ0) is 15.6. The molecule has 0 saturated carbocycles. The summed E-state index contributed by atoms with van der Waals surface area (Å²) in [4.78, 5) is 0. The van der Waals surface area contributed by atoms with Crippen LogP contribution in [0, 0.1) is 10.2 Å². The van der Waals surface area contributed by atoms with Gasteiger partial charge < -0.3 is 5.21 Å². The molecule has 7 nitrogen and oxygen atoms in total. The van der Waals surface area contributed by atoms with Crippen LogP contribution in [0.4, 0.5) is 5.69 Å². The van der Waals surface area contributed by atoms with Crippen LogP contribution in [0.3, 0.4) is 0 Å². The molecule has 0 radical (unpaired) electrons. The van der Waals surface area contributed by atoms with Crippen molar-refractivity contribution < 1.29 is 38.7 Å². The van der Waals surface area contributed by atoms with E-state index in [1.807, 2.05) is 19.2 Å². The number of hydrogen-bond acceptors (Lipinski definition) is 6. The van der Waals surface area contributed by atoms with Crippen molar-refractivity contribution in [1.82, 2.24) is 0 Å². The third-order valence-corrected chi connectivity index (χ3v) is 3.12. The molecule has 1 aliphatic rings. The van der Waals surface area contributed by atoms with Gasteiger partial charge in [-0.3, -0.25) is 0 Å². The molecule has 0 saturated heterocycles. The Kier molecular flexibility index (Phi) is 4.85. The highest BCUT2D eigenvalue weighted by Crippen LogP contribution is 2.37. The lowest BCUT2D eigenvalue weighted by molar-refractivity contribution is -1.92. The van der Waals surface area contributed by atoms with Crippen molar-refractivity contribution in [2.45, 2.75) is 19.3 Å². The Bertz CT molecular complexity index is 543.